The summed E-state index contributed by atoms with van der Waals surface area (Å²) >= 11 is 13.3. The van der Waals surface area contributed by atoms with E-state index in [4.69, 9.17) is 23.4 Å². The fourth-order valence-electron chi connectivity index (χ4n) is 4.97. The molecule has 0 saturated heterocycles. The molecule has 0 radical (unpaired) electrons. The molecule has 192 valence electrons. The van der Waals surface area contributed by atoms with Gasteiger partial charge in [0.25, 0.3) is 5.91 Å². The first kappa shape index (κ1) is 26.0. The van der Waals surface area contributed by atoms with Crippen LogP contribution in [0.2, 0.25) is 5.02 Å². The maximum atomic E-state index is 14.5. The number of nitrogens with one attached hydrogen (secondary N) is 1. The Hall–Kier alpha value is -2.58. The summed E-state index contributed by atoms with van der Waals surface area (Å²) in [4.78, 5) is 18.7. The molecule has 4 aromatic rings. The summed E-state index contributed by atoms with van der Waals surface area (Å²) in [5, 5.41) is -0.0710. The molecule has 4 nitrogen and oxygen atoms in total. The number of aromatic nitrogens is 1. The normalized spacial score (nSPS) is 17.8. The lowest BCUT2D eigenvalue weighted by molar-refractivity contribution is -0.671. The molecule has 1 fully saturated rings. The van der Waals surface area contributed by atoms with Crippen LogP contribution in [0.1, 0.15) is 40.9 Å². The van der Waals surface area contributed by atoms with Crippen molar-refractivity contribution >= 4 is 50.7 Å². The number of hydrogen-bond acceptors (Lipinski definition) is 3. The monoisotopic (exact) mass is 560 g/mol. The lowest BCUT2D eigenvalue weighted by atomic mass is 9.90. The third-order valence-corrected chi connectivity index (χ3v) is 9.01. The van der Waals surface area contributed by atoms with Crippen molar-refractivity contribution in [1.29, 1.82) is 0 Å². The van der Waals surface area contributed by atoms with Crippen LogP contribution in [-0.4, -0.2) is 22.9 Å². The van der Waals surface area contributed by atoms with E-state index in [0.29, 0.717) is 6.54 Å². The summed E-state index contributed by atoms with van der Waals surface area (Å²) in [6.45, 7) is 0.354. The first-order valence-corrected chi connectivity index (χ1v) is 13.7. The number of aryl methyl sites for hydroxylation is 1. The highest BCUT2D eigenvalue weighted by molar-refractivity contribution is 7.21. The minimum absolute atomic E-state index is 0.0333. The van der Waals surface area contributed by atoms with Gasteiger partial charge in [0.1, 0.15) is 23.6 Å². The lowest BCUT2D eigenvalue weighted by Gasteiger charge is -2.36. The molecule has 2 aromatic carbocycles. The summed E-state index contributed by atoms with van der Waals surface area (Å²) < 4.78 is 31.0. The molecule has 1 aliphatic rings. The van der Waals surface area contributed by atoms with E-state index >= 15 is 0 Å². The second-order valence-electron chi connectivity index (χ2n) is 9.48. The molecule has 9 heteroatoms. The number of pyridine rings is 1. The van der Waals surface area contributed by atoms with E-state index in [-0.39, 0.29) is 38.0 Å². The number of benzene rings is 2. The van der Waals surface area contributed by atoms with E-state index < -0.39 is 11.6 Å². The van der Waals surface area contributed by atoms with Gasteiger partial charge in [-0.3, -0.25) is 4.79 Å². The van der Waals surface area contributed by atoms with Gasteiger partial charge < -0.3 is 4.90 Å². The third kappa shape index (κ3) is 5.36. The number of carbonyl (C=O) groups excluding carboxylic acids is 1. The van der Waals surface area contributed by atoms with Crippen molar-refractivity contribution in [3.05, 3.63) is 88.0 Å². The predicted octanol–water partition coefficient (Wildman–Crippen LogP) is 7.02. The molecule has 2 heterocycles. The van der Waals surface area contributed by atoms with Crippen LogP contribution in [0.5, 0.6) is 0 Å². The van der Waals surface area contributed by atoms with Gasteiger partial charge in [0.2, 0.25) is 0 Å². The summed E-state index contributed by atoms with van der Waals surface area (Å²) in [5.41, 5.74) is 3.08. The number of rotatable bonds is 6. The Morgan fingerprint density at radius 2 is 1.76 bits per heavy atom. The van der Waals surface area contributed by atoms with E-state index in [1.54, 1.807) is 4.90 Å². The molecule has 1 amide bonds. The smallest absolute Gasteiger partial charge is 0.266 e. The van der Waals surface area contributed by atoms with Gasteiger partial charge in [-0.2, -0.15) is 0 Å². The standard InChI is InChI=1S/C28H26Cl2F2N3OS/c1-34-13-11-18(12-14-34)19-4-2-3-17(15-19)16-35(21-7-5-20(33-30)6-8-21)28(36)27-25(29)24-22(31)9-10-23(32)26(24)37-27/h2-4,9-15,20-21,33H,5-8,16H2,1H3/q+1. The topological polar surface area (TPSA) is 36.2 Å². The number of halogens is 4. The molecule has 0 atom stereocenters. The van der Waals surface area contributed by atoms with Crippen molar-refractivity contribution in [2.75, 3.05) is 0 Å². The number of fused-ring (bicyclic) bond motifs is 1. The molecule has 37 heavy (non-hydrogen) atoms. The van der Waals surface area contributed by atoms with Crippen LogP contribution in [0.3, 0.4) is 0 Å². The molecular weight excluding hydrogens is 535 g/mol. The van der Waals surface area contributed by atoms with Crippen molar-refractivity contribution in [1.82, 2.24) is 9.74 Å². The molecule has 0 spiro atoms. The number of carbonyl (C=O) groups is 1. The van der Waals surface area contributed by atoms with Crippen molar-refractivity contribution in [3.8, 4) is 11.1 Å². The molecule has 1 aliphatic carbocycles. The van der Waals surface area contributed by atoms with Gasteiger partial charge in [-0.05, 0) is 72.3 Å². The van der Waals surface area contributed by atoms with E-state index in [9.17, 15) is 13.6 Å². The summed E-state index contributed by atoms with van der Waals surface area (Å²) in [7, 11) is 1.97. The Bertz CT molecular complexity index is 1440. The molecule has 2 aromatic heterocycles. The Labute approximate surface area is 228 Å². The van der Waals surface area contributed by atoms with Gasteiger partial charge in [0.05, 0.1) is 15.1 Å². The van der Waals surface area contributed by atoms with Crippen LogP contribution in [0.15, 0.2) is 60.9 Å². The Balaban J connectivity index is 1.50. The molecular formula is C28H26Cl2F2N3OS+. The fraction of sp³-hybridized carbons (Fsp3) is 0.286. The number of amides is 1. The minimum Gasteiger partial charge on any atom is -0.331 e. The van der Waals surface area contributed by atoms with Gasteiger partial charge in [-0.15, -0.1) is 11.3 Å². The van der Waals surface area contributed by atoms with Crippen LogP contribution < -0.4 is 9.40 Å². The third-order valence-electron chi connectivity index (χ3n) is 7.02. The van der Waals surface area contributed by atoms with E-state index in [1.165, 1.54) is 0 Å². The summed E-state index contributed by atoms with van der Waals surface area (Å²) in [6, 6.07) is 14.4. The molecule has 5 rings (SSSR count). The first-order chi connectivity index (χ1) is 17.9. The maximum absolute atomic E-state index is 14.5. The van der Waals surface area contributed by atoms with Crippen LogP contribution in [0, 0.1) is 11.6 Å². The highest BCUT2D eigenvalue weighted by Gasteiger charge is 2.32. The predicted molar refractivity (Wildman–Crippen MR) is 145 cm³/mol. The largest absolute Gasteiger partial charge is 0.331 e. The van der Waals surface area contributed by atoms with Crippen LogP contribution in [0.4, 0.5) is 8.78 Å². The van der Waals surface area contributed by atoms with Gasteiger partial charge in [0, 0.05) is 30.8 Å². The van der Waals surface area contributed by atoms with E-state index in [0.717, 1.165) is 65.8 Å². The Kier molecular flexibility index (Phi) is 7.77. The first-order valence-electron chi connectivity index (χ1n) is 12.1. The van der Waals surface area contributed by atoms with Crippen molar-refractivity contribution in [2.24, 2.45) is 7.05 Å². The maximum Gasteiger partial charge on any atom is 0.266 e. The quantitative estimate of drug-likeness (QED) is 0.203. The summed E-state index contributed by atoms with van der Waals surface area (Å²) in [6.07, 6.45) is 7.14. The second kappa shape index (κ2) is 11.0. The van der Waals surface area contributed by atoms with Crippen molar-refractivity contribution in [2.45, 2.75) is 44.3 Å². The SMILES string of the molecule is C[n+]1ccc(-c2cccc(CN(C(=O)c3sc4c(F)ccc(F)c4c3Cl)C3CCC(NCl)CC3)c2)cc1. The van der Waals surface area contributed by atoms with Crippen LogP contribution in [-0.2, 0) is 13.6 Å². The fourth-order valence-corrected chi connectivity index (χ4v) is 6.69. The highest BCUT2D eigenvalue weighted by Crippen LogP contribution is 2.40. The zero-order chi connectivity index (χ0) is 26.1. The number of thiophene rings is 1. The second-order valence-corrected chi connectivity index (χ2v) is 11.1. The Morgan fingerprint density at radius 3 is 2.43 bits per heavy atom. The minimum atomic E-state index is -0.638. The number of hydrogen-bond donors (Lipinski definition) is 1. The Morgan fingerprint density at radius 1 is 1.05 bits per heavy atom. The number of nitrogens with zero attached hydrogens (tertiary/aromatic N) is 2. The van der Waals surface area contributed by atoms with E-state index in [1.807, 2.05) is 54.3 Å². The molecule has 0 aliphatic heterocycles. The van der Waals surface area contributed by atoms with Gasteiger partial charge in [-0.1, -0.05) is 29.8 Å². The summed E-state index contributed by atoms with van der Waals surface area (Å²) in [5.74, 6) is -1.54. The van der Waals surface area contributed by atoms with Gasteiger partial charge >= 0.3 is 0 Å². The van der Waals surface area contributed by atoms with Crippen LogP contribution in [0.25, 0.3) is 21.2 Å². The van der Waals surface area contributed by atoms with Gasteiger partial charge in [0.15, 0.2) is 12.4 Å². The van der Waals surface area contributed by atoms with E-state index in [2.05, 4.69) is 10.9 Å². The van der Waals surface area contributed by atoms with Crippen molar-refractivity contribution < 1.29 is 18.1 Å². The van der Waals surface area contributed by atoms with Gasteiger partial charge in [-0.25, -0.2) is 18.2 Å². The molecule has 0 bridgehead atoms. The average Bonchev–Trinajstić information content (AvgIpc) is 3.28. The van der Waals surface area contributed by atoms with Crippen LogP contribution >= 0.6 is 34.7 Å². The molecule has 1 saturated carbocycles. The van der Waals surface area contributed by atoms with Crippen molar-refractivity contribution in [3.63, 3.8) is 0 Å². The highest BCUT2D eigenvalue weighted by atomic mass is 35.5. The lowest BCUT2D eigenvalue weighted by Crippen LogP contribution is -2.43. The average molecular weight is 562 g/mol. The molecule has 1 N–H and O–H groups in total. The molecule has 0 unspecified atom stereocenters. The zero-order valence-electron chi connectivity index (χ0n) is 20.2. The zero-order valence-corrected chi connectivity index (χ0v) is 22.5.